The van der Waals surface area contributed by atoms with Crippen molar-refractivity contribution in [2.24, 2.45) is 5.10 Å². The standard InChI is InChI=1S/C10H5ClN6/c11-8-1-6-5-14-16-9(6)2-10(8)17-15-7(3-12)4-13/h1-2,5,17H,(H,14,16). The first-order valence-corrected chi connectivity index (χ1v) is 4.89. The third-order valence-electron chi connectivity index (χ3n) is 2.03. The number of fused-ring (bicyclic) bond motifs is 1. The third kappa shape index (κ3) is 2.17. The normalized spacial score (nSPS) is 9.35. The number of nitriles is 2. The number of H-pyrrole nitrogens is 1. The molecule has 0 aliphatic heterocycles. The average molecular weight is 245 g/mol. The number of aromatic amines is 1. The molecule has 82 valence electrons. The molecule has 0 unspecified atom stereocenters. The Morgan fingerprint density at radius 3 is 2.88 bits per heavy atom. The van der Waals surface area contributed by atoms with Crippen LogP contribution in [0.25, 0.3) is 10.9 Å². The Bertz CT molecular complexity index is 656. The maximum Gasteiger partial charge on any atom is 0.237 e. The molecule has 17 heavy (non-hydrogen) atoms. The second-order valence-corrected chi connectivity index (χ2v) is 3.49. The van der Waals surface area contributed by atoms with Gasteiger partial charge in [-0.2, -0.15) is 20.7 Å². The number of anilines is 1. The third-order valence-corrected chi connectivity index (χ3v) is 2.34. The molecule has 0 saturated heterocycles. The van der Waals surface area contributed by atoms with Crippen molar-refractivity contribution in [2.75, 3.05) is 5.43 Å². The summed E-state index contributed by atoms with van der Waals surface area (Å²) in [5, 5.41) is 28.6. The van der Waals surface area contributed by atoms with Crippen LogP contribution in [0.2, 0.25) is 5.02 Å². The molecule has 0 spiro atoms. The van der Waals surface area contributed by atoms with Crippen LogP contribution in [0.15, 0.2) is 23.4 Å². The van der Waals surface area contributed by atoms with E-state index >= 15 is 0 Å². The number of rotatable bonds is 2. The van der Waals surface area contributed by atoms with E-state index in [1.165, 1.54) is 0 Å². The molecule has 1 aromatic carbocycles. The zero-order chi connectivity index (χ0) is 12.3. The minimum atomic E-state index is -0.272. The lowest BCUT2D eigenvalue weighted by molar-refractivity contribution is 1.12. The molecule has 2 N–H and O–H groups in total. The van der Waals surface area contributed by atoms with E-state index in [2.05, 4.69) is 20.7 Å². The van der Waals surface area contributed by atoms with Gasteiger partial charge >= 0.3 is 0 Å². The lowest BCUT2D eigenvalue weighted by Crippen LogP contribution is -1.96. The Hall–Kier alpha value is -2.57. The summed E-state index contributed by atoms with van der Waals surface area (Å²) in [6.07, 6.45) is 1.64. The monoisotopic (exact) mass is 244 g/mol. The smallest absolute Gasteiger partial charge is 0.237 e. The van der Waals surface area contributed by atoms with Crippen molar-refractivity contribution in [3.63, 3.8) is 0 Å². The Labute approximate surface area is 101 Å². The number of nitrogens with one attached hydrogen (secondary N) is 2. The van der Waals surface area contributed by atoms with Gasteiger partial charge in [0.1, 0.15) is 12.1 Å². The van der Waals surface area contributed by atoms with E-state index in [9.17, 15) is 0 Å². The fourth-order valence-corrected chi connectivity index (χ4v) is 1.45. The van der Waals surface area contributed by atoms with Gasteiger partial charge in [0, 0.05) is 5.39 Å². The van der Waals surface area contributed by atoms with Crippen LogP contribution in [0, 0.1) is 22.7 Å². The van der Waals surface area contributed by atoms with Gasteiger partial charge in [0.25, 0.3) is 0 Å². The summed E-state index contributed by atoms with van der Waals surface area (Å²) in [6.45, 7) is 0. The van der Waals surface area contributed by atoms with Crippen LogP contribution in [0.1, 0.15) is 0 Å². The highest BCUT2D eigenvalue weighted by molar-refractivity contribution is 6.34. The number of benzene rings is 1. The molecule has 6 nitrogen and oxygen atoms in total. The van der Waals surface area contributed by atoms with E-state index in [4.69, 9.17) is 22.1 Å². The predicted molar refractivity (Wildman–Crippen MR) is 63.4 cm³/mol. The van der Waals surface area contributed by atoms with Gasteiger partial charge in [0.15, 0.2) is 0 Å². The molecule has 0 radical (unpaired) electrons. The van der Waals surface area contributed by atoms with Crippen molar-refractivity contribution >= 4 is 33.9 Å². The molecule has 1 aromatic heterocycles. The lowest BCUT2D eigenvalue weighted by atomic mass is 10.2. The summed E-state index contributed by atoms with van der Waals surface area (Å²) in [6, 6.07) is 6.67. The Morgan fingerprint density at radius 1 is 1.41 bits per heavy atom. The number of halogens is 1. The molecule has 0 aliphatic rings. The molecule has 0 aliphatic carbocycles. The van der Waals surface area contributed by atoms with Crippen molar-refractivity contribution < 1.29 is 0 Å². The Balaban J connectivity index is 2.37. The van der Waals surface area contributed by atoms with Crippen molar-refractivity contribution in [1.29, 1.82) is 10.5 Å². The molecule has 0 amide bonds. The highest BCUT2D eigenvalue weighted by Gasteiger charge is 2.04. The van der Waals surface area contributed by atoms with Crippen LogP contribution >= 0.6 is 11.6 Å². The SMILES string of the molecule is N#CC(C#N)=NNc1cc2[nH]ncc2cc1Cl. The van der Waals surface area contributed by atoms with E-state index in [0.29, 0.717) is 10.7 Å². The molecule has 7 heteroatoms. The maximum absolute atomic E-state index is 8.52. The zero-order valence-corrected chi connectivity index (χ0v) is 9.15. The van der Waals surface area contributed by atoms with Gasteiger partial charge in [-0.3, -0.25) is 10.5 Å². The van der Waals surface area contributed by atoms with Gasteiger partial charge in [0.05, 0.1) is 22.4 Å². The van der Waals surface area contributed by atoms with E-state index in [1.807, 2.05) is 0 Å². The van der Waals surface area contributed by atoms with Gasteiger partial charge in [-0.25, -0.2) is 0 Å². The summed E-state index contributed by atoms with van der Waals surface area (Å²) >= 11 is 5.99. The molecule has 0 saturated carbocycles. The maximum atomic E-state index is 8.52. The van der Waals surface area contributed by atoms with Gasteiger partial charge in [0.2, 0.25) is 5.71 Å². The molecular formula is C10H5ClN6. The van der Waals surface area contributed by atoms with Gasteiger partial charge in [-0.15, -0.1) is 0 Å². The Kier molecular flexibility index (Phi) is 2.91. The minimum Gasteiger partial charge on any atom is -0.278 e. The number of aromatic nitrogens is 2. The van der Waals surface area contributed by atoms with Gasteiger partial charge < -0.3 is 0 Å². The zero-order valence-electron chi connectivity index (χ0n) is 8.40. The highest BCUT2D eigenvalue weighted by Crippen LogP contribution is 2.26. The molecule has 2 aromatic rings. The average Bonchev–Trinajstić information content (AvgIpc) is 2.77. The second kappa shape index (κ2) is 4.52. The van der Waals surface area contributed by atoms with Crippen LogP contribution in [0.3, 0.4) is 0 Å². The fraction of sp³-hybridized carbons (Fsp3) is 0. The largest absolute Gasteiger partial charge is 0.278 e. The van der Waals surface area contributed by atoms with Crippen molar-refractivity contribution in [3.05, 3.63) is 23.4 Å². The molecule has 2 rings (SSSR count). The predicted octanol–water partition coefficient (Wildman–Crippen LogP) is 2.03. The van der Waals surface area contributed by atoms with Crippen LogP contribution in [-0.2, 0) is 0 Å². The summed E-state index contributed by atoms with van der Waals surface area (Å²) < 4.78 is 0. The summed E-state index contributed by atoms with van der Waals surface area (Å²) in [5.74, 6) is 0. The van der Waals surface area contributed by atoms with E-state index in [1.54, 1.807) is 30.5 Å². The van der Waals surface area contributed by atoms with E-state index < -0.39 is 0 Å². The number of hydrogen-bond acceptors (Lipinski definition) is 5. The molecular weight excluding hydrogens is 240 g/mol. The molecule has 0 bridgehead atoms. The van der Waals surface area contributed by atoms with Crippen molar-refractivity contribution in [1.82, 2.24) is 10.2 Å². The van der Waals surface area contributed by atoms with Gasteiger partial charge in [-0.05, 0) is 12.1 Å². The first kappa shape index (κ1) is 10.9. The summed E-state index contributed by atoms with van der Waals surface area (Å²) in [7, 11) is 0. The van der Waals surface area contributed by atoms with E-state index in [0.717, 1.165) is 10.9 Å². The number of hydrazone groups is 1. The van der Waals surface area contributed by atoms with E-state index in [-0.39, 0.29) is 5.71 Å². The van der Waals surface area contributed by atoms with Crippen molar-refractivity contribution in [3.8, 4) is 12.1 Å². The Morgan fingerprint density at radius 2 is 2.18 bits per heavy atom. The van der Waals surface area contributed by atoms with Crippen LogP contribution in [0.4, 0.5) is 5.69 Å². The lowest BCUT2D eigenvalue weighted by Gasteiger charge is -2.02. The fourth-order valence-electron chi connectivity index (χ4n) is 1.24. The topological polar surface area (TPSA) is 101 Å². The first-order valence-electron chi connectivity index (χ1n) is 4.51. The van der Waals surface area contributed by atoms with Crippen LogP contribution in [-0.4, -0.2) is 15.9 Å². The number of hydrogen-bond donors (Lipinski definition) is 2. The van der Waals surface area contributed by atoms with Crippen LogP contribution in [0.5, 0.6) is 0 Å². The summed E-state index contributed by atoms with van der Waals surface area (Å²) in [5.41, 5.74) is 3.56. The molecule has 0 fully saturated rings. The molecule has 0 atom stereocenters. The molecule has 1 heterocycles. The van der Waals surface area contributed by atoms with Crippen LogP contribution < -0.4 is 5.43 Å². The second-order valence-electron chi connectivity index (χ2n) is 3.09. The van der Waals surface area contributed by atoms with Gasteiger partial charge in [-0.1, -0.05) is 11.6 Å². The highest BCUT2D eigenvalue weighted by atomic mass is 35.5. The van der Waals surface area contributed by atoms with Crippen molar-refractivity contribution in [2.45, 2.75) is 0 Å². The number of nitrogens with zero attached hydrogens (tertiary/aromatic N) is 4. The summed E-state index contributed by atoms with van der Waals surface area (Å²) in [4.78, 5) is 0. The quantitative estimate of drug-likeness (QED) is 0.623. The first-order chi connectivity index (χ1) is 8.24. The minimum absolute atomic E-state index is 0.272.